The first-order valence-corrected chi connectivity index (χ1v) is 14.0. The fraction of sp³-hybridized carbons (Fsp3) is 0.379. The summed E-state index contributed by atoms with van der Waals surface area (Å²) in [4.78, 5) is 30.2. The van der Waals surface area contributed by atoms with E-state index < -0.39 is 10.7 Å². The van der Waals surface area contributed by atoms with Crippen molar-refractivity contribution >= 4 is 35.0 Å². The molecule has 2 unspecified atom stereocenters. The molecule has 10 nitrogen and oxygen atoms in total. The predicted octanol–water partition coefficient (Wildman–Crippen LogP) is 3.80. The van der Waals surface area contributed by atoms with Crippen molar-refractivity contribution in [3.63, 3.8) is 0 Å². The predicted molar refractivity (Wildman–Crippen MR) is 158 cm³/mol. The molecule has 0 aromatic carbocycles. The first-order chi connectivity index (χ1) is 19.8. The Labute approximate surface area is 242 Å². The highest BCUT2D eigenvalue weighted by atomic mass is 32.1. The molecule has 0 amide bonds. The maximum absolute atomic E-state index is 15.1. The molecule has 6 heterocycles. The van der Waals surface area contributed by atoms with Crippen molar-refractivity contribution in [3.8, 4) is 11.8 Å². The second-order valence-corrected chi connectivity index (χ2v) is 11.5. The fourth-order valence-corrected chi connectivity index (χ4v) is 6.20. The van der Waals surface area contributed by atoms with Crippen LogP contribution in [0.5, 0.6) is 11.8 Å². The Bertz CT molecular complexity index is 1650. The SMILES string of the molecule is COc1cc(CN(Cc2cn3c4c(ncc(F)c4c2=O)OCC3C)C2(S)CCCN(c3ccc(N)nc3)C2)ccn1. The van der Waals surface area contributed by atoms with Crippen molar-refractivity contribution in [2.45, 2.75) is 43.8 Å². The number of rotatable bonds is 7. The van der Waals surface area contributed by atoms with Gasteiger partial charge in [-0.3, -0.25) is 9.69 Å². The number of thiol groups is 1. The molecule has 2 aliphatic rings. The smallest absolute Gasteiger partial charge is 0.238 e. The van der Waals surface area contributed by atoms with Crippen molar-refractivity contribution in [2.75, 3.05) is 37.4 Å². The zero-order valence-electron chi connectivity index (χ0n) is 23.0. The highest BCUT2D eigenvalue weighted by molar-refractivity contribution is 7.81. The van der Waals surface area contributed by atoms with Gasteiger partial charge in [0.25, 0.3) is 0 Å². The Morgan fingerprint density at radius 2 is 2.10 bits per heavy atom. The van der Waals surface area contributed by atoms with E-state index in [0.29, 0.717) is 42.5 Å². The summed E-state index contributed by atoms with van der Waals surface area (Å²) in [5.74, 6) is 0.574. The molecule has 0 radical (unpaired) electrons. The number of nitrogens with two attached hydrogens (primary N) is 1. The van der Waals surface area contributed by atoms with Crippen LogP contribution in [0.2, 0.25) is 0 Å². The van der Waals surface area contributed by atoms with Crippen molar-refractivity contribution in [3.05, 3.63) is 76.2 Å². The van der Waals surface area contributed by atoms with Gasteiger partial charge in [0.2, 0.25) is 11.8 Å². The normalized spacial score (nSPS) is 20.3. The number of nitrogen functional groups attached to an aromatic ring is 1. The van der Waals surface area contributed by atoms with E-state index >= 15 is 4.39 Å². The zero-order chi connectivity index (χ0) is 28.7. The van der Waals surface area contributed by atoms with Crippen LogP contribution in [0.25, 0.3) is 10.9 Å². The summed E-state index contributed by atoms with van der Waals surface area (Å²) in [7, 11) is 1.58. The van der Waals surface area contributed by atoms with Gasteiger partial charge in [-0.1, -0.05) is 0 Å². The summed E-state index contributed by atoms with van der Waals surface area (Å²) < 4.78 is 28.1. The molecule has 0 spiro atoms. The Hall–Kier alpha value is -3.90. The van der Waals surface area contributed by atoms with E-state index in [9.17, 15) is 4.79 Å². The Morgan fingerprint density at radius 1 is 1.24 bits per heavy atom. The molecule has 2 N–H and O–H groups in total. The summed E-state index contributed by atoms with van der Waals surface area (Å²) in [6.45, 7) is 4.50. The molecule has 2 atom stereocenters. The molecule has 0 saturated carbocycles. The Kier molecular flexibility index (Phi) is 7.20. The summed E-state index contributed by atoms with van der Waals surface area (Å²) >= 11 is 5.29. The van der Waals surface area contributed by atoms with Gasteiger partial charge in [0.1, 0.15) is 17.9 Å². The molecule has 2 aliphatic heterocycles. The minimum atomic E-state index is -0.659. The van der Waals surface area contributed by atoms with Crippen LogP contribution >= 0.6 is 12.6 Å². The number of nitrogens with zero attached hydrogens (tertiary/aromatic N) is 6. The van der Waals surface area contributed by atoms with Gasteiger partial charge in [0.15, 0.2) is 11.2 Å². The monoisotopic (exact) mass is 577 g/mol. The summed E-state index contributed by atoms with van der Waals surface area (Å²) in [5.41, 5.74) is 8.23. The van der Waals surface area contributed by atoms with E-state index in [0.717, 1.165) is 36.8 Å². The lowest BCUT2D eigenvalue weighted by atomic mass is 10.00. The molecule has 4 aromatic rings. The molecule has 0 bridgehead atoms. The number of hydrogen-bond acceptors (Lipinski definition) is 10. The van der Waals surface area contributed by atoms with Crippen molar-refractivity contribution in [2.24, 2.45) is 0 Å². The van der Waals surface area contributed by atoms with Gasteiger partial charge in [-0.15, -0.1) is 0 Å². The molecular formula is C29H32FN7O3S. The third-order valence-corrected chi connectivity index (χ3v) is 8.55. The first-order valence-electron chi connectivity index (χ1n) is 13.5. The second-order valence-electron chi connectivity index (χ2n) is 10.7. The van der Waals surface area contributed by atoms with E-state index in [1.165, 1.54) is 0 Å². The molecule has 12 heteroatoms. The van der Waals surface area contributed by atoms with E-state index in [1.807, 2.05) is 35.9 Å². The number of halogens is 1. The van der Waals surface area contributed by atoms with Crippen LogP contribution in [0, 0.1) is 5.82 Å². The quantitative estimate of drug-likeness (QED) is 0.250. The van der Waals surface area contributed by atoms with Gasteiger partial charge in [-0.25, -0.2) is 19.3 Å². The van der Waals surface area contributed by atoms with Gasteiger partial charge >= 0.3 is 0 Å². The third-order valence-electron chi connectivity index (χ3n) is 7.90. The van der Waals surface area contributed by atoms with Crippen molar-refractivity contribution < 1.29 is 13.9 Å². The molecule has 1 fully saturated rings. The van der Waals surface area contributed by atoms with Crippen LogP contribution < -0.4 is 25.5 Å². The molecule has 0 aliphatic carbocycles. The van der Waals surface area contributed by atoms with Crippen molar-refractivity contribution in [1.29, 1.82) is 0 Å². The molecule has 6 rings (SSSR count). The van der Waals surface area contributed by atoms with E-state index in [2.05, 4.69) is 24.8 Å². The summed E-state index contributed by atoms with van der Waals surface area (Å²) in [6.07, 6.45) is 8.01. The number of hydrogen-bond donors (Lipinski definition) is 2. The average Bonchev–Trinajstić information content (AvgIpc) is 2.97. The van der Waals surface area contributed by atoms with Gasteiger partial charge in [0.05, 0.1) is 41.5 Å². The maximum Gasteiger partial charge on any atom is 0.238 e. The first kappa shape index (κ1) is 27.3. The van der Waals surface area contributed by atoms with E-state index in [-0.39, 0.29) is 29.3 Å². The number of aromatic nitrogens is 4. The minimum absolute atomic E-state index is 0.00369. The Balaban J connectivity index is 1.42. The van der Waals surface area contributed by atoms with Gasteiger partial charge in [0, 0.05) is 50.2 Å². The highest BCUT2D eigenvalue weighted by Crippen LogP contribution is 2.37. The maximum atomic E-state index is 15.1. The number of anilines is 2. The average molecular weight is 578 g/mol. The molecule has 4 aromatic heterocycles. The molecule has 214 valence electrons. The third kappa shape index (κ3) is 5.17. The van der Waals surface area contributed by atoms with Crippen molar-refractivity contribution in [1.82, 2.24) is 24.4 Å². The zero-order valence-corrected chi connectivity index (χ0v) is 23.9. The molecule has 1 saturated heterocycles. The lowest BCUT2D eigenvalue weighted by Crippen LogP contribution is -2.55. The van der Waals surface area contributed by atoms with Crippen LogP contribution in [0.1, 0.15) is 36.9 Å². The molecular weight excluding hydrogens is 545 g/mol. The van der Waals surface area contributed by atoms with Gasteiger partial charge in [-0.05, 0) is 43.5 Å². The number of piperidine rings is 1. The van der Waals surface area contributed by atoms with Gasteiger partial charge in [-0.2, -0.15) is 12.6 Å². The summed E-state index contributed by atoms with van der Waals surface area (Å²) in [6, 6.07) is 7.44. The number of ether oxygens (including phenoxy) is 2. The van der Waals surface area contributed by atoms with Crippen LogP contribution in [0.4, 0.5) is 15.9 Å². The van der Waals surface area contributed by atoms with Crippen LogP contribution in [0.3, 0.4) is 0 Å². The standard InChI is InChI=1S/C29H32FN7O3S/c1-18-16-40-28-26-25(22(30)12-34-28)27(38)20(15-37(18)26)14-36(13-19-6-8-32-24(10-19)39-2)29(41)7-3-9-35(17-29)21-4-5-23(31)33-11-21/h4-6,8,10-12,15,18,41H,3,7,9,13-14,16-17H2,1-2H3,(H2,31,33). The van der Waals surface area contributed by atoms with E-state index in [1.54, 1.807) is 25.6 Å². The Morgan fingerprint density at radius 3 is 2.88 bits per heavy atom. The van der Waals surface area contributed by atoms with Gasteiger partial charge < -0.3 is 24.7 Å². The lowest BCUT2D eigenvalue weighted by molar-refractivity contribution is 0.131. The number of pyridine rings is 4. The molecule has 41 heavy (non-hydrogen) atoms. The topological polar surface area (TPSA) is 112 Å². The van der Waals surface area contributed by atoms with Crippen LogP contribution in [-0.4, -0.2) is 56.1 Å². The van der Waals surface area contributed by atoms with Crippen LogP contribution in [0.15, 0.2) is 53.8 Å². The number of methoxy groups -OCH3 is 1. The van der Waals surface area contributed by atoms with E-state index in [4.69, 9.17) is 27.8 Å². The summed E-state index contributed by atoms with van der Waals surface area (Å²) in [5, 5.41) is -0.00369. The fourth-order valence-electron chi connectivity index (χ4n) is 5.73. The minimum Gasteiger partial charge on any atom is -0.481 e. The lowest BCUT2D eigenvalue weighted by Gasteiger charge is -2.47. The largest absolute Gasteiger partial charge is 0.481 e. The van der Waals surface area contributed by atoms with Crippen LogP contribution in [-0.2, 0) is 13.1 Å². The second kappa shape index (κ2) is 10.8. The highest BCUT2D eigenvalue weighted by Gasteiger charge is 2.39.